The molecule has 1 amide bonds. The van der Waals surface area contributed by atoms with Gasteiger partial charge in [-0.1, -0.05) is 0 Å². The number of carbonyl (C=O) groups excluding carboxylic acids is 1. The zero-order valence-corrected chi connectivity index (χ0v) is 18.9. The van der Waals surface area contributed by atoms with Crippen molar-refractivity contribution >= 4 is 41.5 Å². The van der Waals surface area contributed by atoms with Crippen molar-refractivity contribution in [1.29, 1.82) is 0 Å². The number of halogens is 2. The SMILES string of the molecule is CCNC(=O)C(C)(C)CNC(=NC)N1CCN(c2ccc(F)cc2)CC1.I. The molecule has 1 heterocycles. The van der Waals surface area contributed by atoms with Crippen LogP contribution in [0.2, 0.25) is 0 Å². The number of rotatable bonds is 5. The molecule has 152 valence electrons. The number of carbonyl (C=O) groups is 1. The Bertz CT molecular complexity index is 627. The standard InChI is InChI=1S/C19H30FN5O.HI/c1-5-22-17(26)19(2,3)14-23-18(21-4)25-12-10-24(11-13-25)16-8-6-15(20)7-9-16;/h6-9H,5,10-14H2,1-4H3,(H,21,23)(H,22,26);1H. The van der Waals surface area contributed by atoms with Crippen molar-refractivity contribution < 1.29 is 9.18 Å². The molecule has 0 bridgehead atoms. The number of piperazine rings is 1. The molecule has 1 aromatic rings. The molecule has 0 spiro atoms. The summed E-state index contributed by atoms with van der Waals surface area (Å²) in [5, 5.41) is 6.20. The lowest BCUT2D eigenvalue weighted by atomic mass is 9.92. The summed E-state index contributed by atoms with van der Waals surface area (Å²) in [6.45, 7) is 10.2. The number of amides is 1. The molecule has 2 N–H and O–H groups in total. The van der Waals surface area contributed by atoms with Gasteiger partial charge in [0, 0.05) is 52.0 Å². The van der Waals surface area contributed by atoms with Gasteiger partial charge in [-0.15, -0.1) is 24.0 Å². The van der Waals surface area contributed by atoms with Gasteiger partial charge in [0.15, 0.2) is 5.96 Å². The fourth-order valence-corrected chi connectivity index (χ4v) is 2.94. The molecule has 27 heavy (non-hydrogen) atoms. The lowest BCUT2D eigenvalue weighted by molar-refractivity contribution is -0.128. The predicted octanol–water partition coefficient (Wildman–Crippen LogP) is 2.30. The van der Waals surface area contributed by atoms with Gasteiger partial charge in [-0.25, -0.2) is 4.39 Å². The van der Waals surface area contributed by atoms with Crippen LogP contribution in [-0.4, -0.2) is 63.1 Å². The summed E-state index contributed by atoms with van der Waals surface area (Å²) in [6, 6.07) is 6.61. The maximum atomic E-state index is 13.1. The van der Waals surface area contributed by atoms with E-state index in [4.69, 9.17) is 0 Å². The fourth-order valence-electron chi connectivity index (χ4n) is 2.94. The molecule has 0 saturated carbocycles. The van der Waals surface area contributed by atoms with Crippen molar-refractivity contribution in [3.8, 4) is 0 Å². The second-order valence-corrected chi connectivity index (χ2v) is 7.09. The van der Waals surface area contributed by atoms with E-state index in [2.05, 4.69) is 25.4 Å². The minimum atomic E-state index is -0.512. The Balaban J connectivity index is 0.00000364. The Hall–Kier alpha value is -1.58. The summed E-state index contributed by atoms with van der Waals surface area (Å²) >= 11 is 0. The lowest BCUT2D eigenvalue weighted by Gasteiger charge is -2.38. The molecule has 8 heteroatoms. The molecule has 0 aliphatic carbocycles. The number of guanidine groups is 1. The van der Waals surface area contributed by atoms with Crippen molar-refractivity contribution in [3.05, 3.63) is 30.1 Å². The predicted molar refractivity (Wildman–Crippen MR) is 119 cm³/mol. The van der Waals surface area contributed by atoms with Gasteiger partial charge in [-0.3, -0.25) is 9.79 Å². The van der Waals surface area contributed by atoms with Crippen LogP contribution in [0.15, 0.2) is 29.3 Å². The third-order valence-corrected chi connectivity index (χ3v) is 4.62. The number of hydrogen-bond acceptors (Lipinski definition) is 3. The number of benzene rings is 1. The molecule has 2 rings (SSSR count). The molecule has 1 aliphatic heterocycles. The fraction of sp³-hybridized carbons (Fsp3) is 0.579. The van der Waals surface area contributed by atoms with E-state index >= 15 is 0 Å². The second kappa shape index (κ2) is 10.7. The van der Waals surface area contributed by atoms with Crippen molar-refractivity contribution in [2.24, 2.45) is 10.4 Å². The summed E-state index contributed by atoms with van der Waals surface area (Å²) in [4.78, 5) is 20.9. The Labute approximate surface area is 178 Å². The molecule has 1 saturated heterocycles. The molecular weight excluding hydrogens is 460 g/mol. The van der Waals surface area contributed by atoms with Crippen LogP contribution in [0.4, 0.5) is 10.1 Å². The first kappa shape index (κ1) is 23.5. The molecular formula is C19H31FIN5O. The van der Waals surface area contributed by atoms with Gasteiger partial charge in [0.2, 0.25) is 5.91 Å². The second-order valence-electron chi connectivity index (χ2n) is 7.09. The smallest absolute Gasteiger partial charge is 0.227 e. The van der Waals surface area contributed by atoms with E-state index in [0.29, 0.717) is 13.1 Å². The van der Waals surface area contributed by atoms with Crippen LogP contribution in [0.3, 0.4) is 0 Å². The van der Waals surface area contributed by atoms with Gasteiger partial charge >= 0.3 is 0 Å². The highest BCUT2D eigenvalue weighted by Crippen LogP contribution is 2.17. The number of aliphatic imine (C=N–C) groups is 1. The van der Waals surface area contributed by atoms with Gasteiger partial charge < -0.3 is 20.4 Å². The maximum absolute atomic E-state index is 13.1. The summed E-state index contributed by atoms with van der Waals surface area (Å²) in [7, 11) is 1.76. The molecule has 6 nitrogen and oxygen atoms in total. The minimum absolute atomic E-state index is 0. The van der Waals surface area contributed by atoms with E-state index < -0.39 is 5.41 Å². The van der Waals surface area contributed by atoms with Gasteiger partial charge in [0.1, 0.15) is 5.82 Å². The van der Waals surface area contributed by atoms with Gasteiger partial charge in [0.05, 0.1) is 5.41 Å². The first-order valence-electron chi connectivity index (χ1n) is 9.12. The molecule has 0 unspecified atom stereocenters. The highest BCUT2D eigenvalue weighted by molar-refractivity contribution is 14.0. The molecule has 1 fully saturated rings. The van der Waals surface area contributed by atoms with Crippen LogP contribution in [0, 0.1) is 11.2 Å². The third kappa shape index (κ3) is 6.51. The minimum Gasteiger partial charge on any atom is -0.368 e. The van der Waals surface area contributed by atoms with Gasteiger partial charge in [0.25, 0.3) is 0 Å². The maximum Gasteiger partial charge on any atom is 0.227 e. The largest absolute Gasteiger partial charge is 0.368 e. The summed E-state index contributed by atoms with van der Waals surface area (Å²) < 4.78 is 13.1. The third-order valence-electron chi connectivity index (χ3n) is 4.62. The van der Waals surface area contributed by atoms with Crippen molar-refractivity contribution in [2.45, 2.75) is 20.8 Å². The van der Waals surface area contributed by atoms with Gasteiger partial charge in [-0.05, 0) is 45.0 Å². The zero-order chi connectivity index (χ0) is 19.2. The van der Waals surface area contributed by atoms with E-state index in [1.54, 1.807) is 7.05 Å². The van der Waals surface area contributed by atoms with Gasteiger partial charge in [-0.2, -0.15) is 0 Å². The molecule has 0 aromatic heterocycles. The van der Waals surface area contributed by atoms with E-state index in [0.717, 1.165) is 37.8 Å². The highest BCUT2D eigenvalue weighted by Gasteiger charge is 2.28. The number of nitrogens with zero attached hydrogens (tertiary/aromatic N) is 3. The quantitative estimate of drug-likeness (QED) is 0.377. The van der Waals surface area contributed by atoms with Crippen molar-refractivity contribution in [3.63, 3.8) is 0 Å². The van der Waals surface area contributed by atoms with Crippen LogP contribution < -0.4 is 15.5 Å². The summed E-state index contributed by atoms with van der Waals surface area (Å²) in [5.41, 5.74) is 0.522. The Morgan fingerprint density at radius 1 is 1.15 bits per heavy atom. The first-order chi connectivity index (χ1) is 12.4. The number of hydrogen-bond donors (Lipinski definition) is 2. The van der Waals surface area contributed by atoms with E-state index in [1.165, 1.54) is 12.1 Å². The highest BCUT2D eigenvalue weighted by atomic mass is 127. The topological polar surface area (TPSA) is 60.0 Å². The molecule has 1 aliphatic rings. The molecule has 1 aromatic carbocycles. The summed E-state index contributed by atoms with van der Waals surface area (Å²) in [5.74, 6) is 0.622. The van der Waals surface area contributed by atoms with E-state index in [-0.39, 0.29) is 35.7 Å². The normalized spacial score (nSPS) is 15.2. The van der Waals surface area contributed by atoms with Crippen LogP contribution in [0.1, 0.15) is 20.8 Å². The molecule has 0 atom stereocenters. The zero-order valence-electron chi connectivity index (χ0n) is 16.6. The molecule has 0 radical (unpaired) electrons. The van der Waals surface area contributed by atoms with Crippen molar-refractivity contribution in [1.82, 2.24) is 15.5 Å². The Morgan fingerprint density at radius 3 is 2.26 bits per heavy atom. The van der Waals surface area contributed by atoms with Crippen LogP contribution in [0.5, 0.6) is 0 Å². The van der Waals surface area contributed by atoms with Crippen LogP contribution in [0.25, 0.3) is 0 Å². The van der Waals surface area contributed by atoms with Crippen LogP contribution >= 0.6 is 24.0 Å². The monoisotopic (exact) mass is 491 g/mol. The van der Waals surface area contributed by atoms with E-state index in [1.807, 2.05) is 32.9 Å². The number of nitrogens with one attached hydrogen (secondary N) is 2. The Morgan fingerprint density at radius 2 is 1.74 bits per heavy atom. The number of anilines is 1. The van der Waals surface area contributed by atoms with Crippen LogP contribution in [-0.2, 0) is 4.79 Å². The first-order valence-corrected chi connectivity index (χ1v) is 9.12. The van der Waals surface area contributed by atoms with E-state index in [9.17, 15) is 9.18 Å². The average Bonchev–Trinajstić information content (AvgIpc) is 2.63. The Kier molecular flexibility index (Phi) is 9.28. The van der Waals surface area contributed by atoms with Crippen molar-refractivity contribution in [2.75, 3.05) is 51.2 Å². The average molecular weight is 491 g/mol. The summed E-state index contributed by atoms with van der Waals surface area (Å²) in [6.07, 6.45) is 0. The lowest BCUT2D eigenvalue weighted by Crippen LogP contribution is -2.54.